The van der Waals surface area contributed by atoms with E-state index in [1.807, 2.05) is 26.2 Å². The van der Waals surface area contributed by atoms with Gasteiger partial charge >= 0.3 is 0 Å². The molecule has 4 rings (SSSR count). The van der Waals surface area contributed by atoms with Crippen molar-refractivity contribution in [2.24, 2.45) is 0 Å². The molecule has 0 aromatic heterocycles. The Kier molecular flexibility index (Phi) is 8.18. The molecule has 3 aromatic carbocycles. The van der Waals surface area contributed by atoms with E-state index in [9.17, 15) is 19.7 Å². The molecule has 11 heteroatoms. The van der Waals surface area contributed by atoms with Crippen LogP contribution in [0.2, 0.25) is 5.02 Å². The minimum atomic E-state index is -0.564. The van der Waals surface area contributed by atoms with E-state index in [2.05, 4.69) is 15.5 Å². The molecule has 4 N–H and O–H groups in total. The van der Waals surface area contributed by atoms with Gasteiger partial charge in [0.05, 0.1) is 21.9 Å². The third-order valence-electron chi connectivity index (χ3n) is 6.31. The topological polar surface area (TPSA) is 134 Å². The van der Waals surface area contributed by atoms with Crippen molar-refractivity contribution >= 4 is 63.1 Å². The van der Waals surface area contributed by atoms with Crippen LogP contribution < -0.4 is 21.3 Å². The number of carbonyl (C=O) groups is 2. The van der Waals surface area contributed by atoms with Crippen LogP contribution in [0.15, 0.2) is 60.7 Å². The van der Waals surface area contributed by atoms with Gasteiger partial charge in [0.25, 0.3) is 11.6 Å². The third-order valence-corrected chi connectivity index (χ3v) is 6.54. The van der Waals surface area contributed by atoms with E-state index >= 15 is 0 Å². The number of hydrogen-bond acceptors (Lipinski definition) is 7. The van der Waals surface area contributed by atoms with E-state index in [-0.39, 0.29) is 23.2 Å². The van der Waals surface area contributed by atoms with Crippen LogP contribution in [0.4, 0.5) is 28.4 Å². The van der Waals surface area contributed by atoms with Crippen LogP contribution in [0, 0.1) is 10.1 Å². The Morgan fingerprint density at radius 3 is 2.44 bits per heavy atom. The van der Waals surface area contributed by atoms with Crippen LogP contribution in [0.3, 0.4) is 0 Å². The molecular formula is C28H29ClN6O4. The van der Waals surface area contributed by atoms with E-state index in [4.69, 9.17) is 17.3 Å². The molecule has 10 nitrogen and oxygen atoms in total. The molecule has 0 unspecified atom stereocenters. The van der Waals surface area contributed by atoms with Crippen molar-refractivity contribution in [2.45, 2.75) is 13.3 Å². The summed E-state index contributed by atoms with van der Waals surface area (Å²) < 4.78 is 0. The number of fused-ring (bicyclic) bond motifs is 1. The Morgan fingerprint density at radius 2 is 1.79 bits per heavy atom. The van der Waals surface area contributed by atoms with Crippen LogP contribution >= 0.6 is 11.6 Å². The second kappa shape index (κ2) is 11.5. The largest absolute Gasteiger partial charge is 0.393 e. The number of hydrogen-bond donors (Lipinski definition) is 3. The van der Waals surface area contributed by atoms with Gasteiger partial charge < -0.3 is 26.2 Å². The number of nitro groups is 1. The zero-order chi connectivity index (χ0) is 28.3. The molecule has 0 aliphatic carbocycles. The Hall–Kier alpha value is -4.41. The minimum Gasteiger partial charge on any atom is -0.393 e. The standard InChI is InChI=1S/C28H29ClN6O4/c1-17(36)34(14-4-13-33(2)3)21-9-7-20(8-10-21)31-27(18-5-12-23(30)25(15-18)35(38)39)26-22-11-6-19(29)16-24(22)32-28(26)37/h5-12,15-16,31H,4,13-14,30H2,1-3H3,(H,32,37)/b27-26+. The molecule has 0 bridgehead atoms. The molecule has 0 spiro atoms. The van der Waals surface area contributed by atoms with Crippen LogP contribution in [0.1, 0.15) is 24.5 Å². The average molecular weight is 549 g/mol. The highest BCUT2D eigenvalue weighted by molar-refractivity contribution is 6.38. The SMILES string of the molecule is CC(=O)N(CCCN(C)C)c1ccc(N/C(=C2/C(=O)Nc3cc(Cl)ccc32)c2ccc(N)c([N+](=O)[O-])c2)cc1. The van der Waals surface area contributed by atoms with E-state index in [1.54, 1.807) is 41.3 Å². The van der Waals surface area contributed by atoms with Gasteiger partial charge in [0.15, 0.2) is 0 Å². The van der Waals surface area contributed by atoms with Gasteiger partial charge in [-0.2, -0.15) is 0 Å². The summed E-state index contributed by atoms with van der Waals surface area (Å²) >= 11 is 6.13. The number of nitrogen functional groups attached to an aromatic ring is 1. The van der Waals surface area contributed by atoms with E-state index in [0.717, 1.165) is 18.7 Å². The van der Waals surface area contributed by atoms with Crippen molar-refractivity contribution in [3.8, 4) is 0 Å². The maximum Gasteiger partial charge on any atom is 0.292 e. The molecule has 0 atom stereocenters. The zero-order valence-corrected chi connectivity index (χ0v) is 22.6. The van der Waals surface area contributed by atoms with Crippen molar-refractivity contribution < 1.29 is 14.5 Å². The molecule has 1 heterocycles. The fraction of sp³-hybridized carbons (Fsp3) is 0.214. The van der Waals surface area contributed by atoms with Gasteiger partial charge in [0.1, 0.15) is 5.69 Å². The first-order chi connectivity index (χ1) is 18.5. The number of halogens is 1. The number of nitrogens with two attached hydrogens (primary N) is 1. The molecule has 0 saturated heterocycles. The number of rotatable bonds is 9. The summed E-state index contributed by atoms with van der Waals surface area (Å²) in [4.78, 5) is 40.3. The van der Waals surface area contributed by atoms with Gasteiger partial charge in [-0.05, 0) is 69.5 Å². The van der Waals surface area contributed by atoms with Crippen molar-refractivity contribution in [2.75, 3.05) is 48.5 Å². The molecule has 39 heavy (non-hydrogen) atoms. The molecule has 2 amide bonds. The first kappa shape index (κ1) is 27.6. The number of carbonyl (C=O) groups excluding carboxylic acids is 2. The van der Waals surface area contributed by atoms with Crippen molar-refractivity contribution in [1.29, 1.82) is 0 Å². The fourth-order valence-corrected chi connectivity index (χ4v) is 4.58. The summed E-state index contributed by atoms with van der Waals surface area (Å²) in [6, 6.07) is 16.6. The first-order valence-electron chi connectivity index (χ1n) is 12.2. The van der Waals surface area contributed by atoms with Crippen molar-refractivity contribution in [3.05, 3.63) is 86.9 Å². The van der Waals surface area contributed by atoms with Gasteiger partial charge in [-0.15, -0.1) is 0 Å². The highest BCUT2D eigenvalue weighted by atomic mass is 35.5. The molecule has 1 aliphatic heterocycles. The minimum absolute atomic E-state index is 0.0131. The Bertz CT molecular complexity index is 1470. The second-order valence-electron chi connectivity index (χ2n) is 9.42. The summed E-state index contributed by atoms with van der Waals surface area (Å²) in [6.45, 7) is 2.95. The number of nitro benzene ring substituents is 1. The maximum absolute atomic E-state index is 13.1. The Labute approximate surface area is 231 Å². The predicted octanol–water partition coefficient (Wildman–Crippen LogP) is 5.07. The van der Waals surface area contributed by atoms with Crippen molar-refractivity contribution in [1.82, 2.24) is 4.90 Å². The highest BCUT2D eigenvalue weighted by Gasteiger charge is 2.29. The van der Waals surface area contributed by atoms with Gasteiger partial charge in [-0.1, -0.05) is 23.7 Å². The molecule has 3 aromatic rings. The van der Waals surface area contributed by atoms with Crippen LogP contribution in [-0.2, 0) is 9.59 Å². The number of nitrogens with one attached hydrogen (secondary N) is 2. The Morgan fingerprint density at radius 1 is 1.08 bits per heavy atom. The van der Waals surface area contributed by atoms with Gasteiger partial charge in [-0.25, -0.2) is 0 Å². The van der Waals surface area contributed by atoms with Gasteiger partial charge in [0, 0.05) is 47.1 Å². The lowest BCUT2D eigenvalue weighted by Gasteiger charge is -2.23. The molecule has 1 aliphatic rings. The molecular weight excluding hydrogens is 520 g/mol. The monoisotopic (exact) mass is 548 g/mol. The molecule has 0 radical (unpaired) electrons. The van der Waals surface area contributed by atoms with Gasteiger partial charge in [0.2, 0.25) is 5.91 Å². The zero-order valence-electron chi connectivity index (χ0n) is 21.8. The Balaban J connectivity index is 1.75. The van der Waals surface area contributed by atoms with Crippen LogP contribution in [-0.4, -0.2) is 48.8 Å². The average Bonchev–Trinajstić information content (AvgIpc) is 3.20. The van der Waals surface area contributed by atoms with Gasteiger partial charge in [-0.3, -0.25) is 19.7 Å². The van der Waals surface area contributed by atoms with Crippen molar-refractivity contribution in [3.63, 3.8) is 0 Å². The summed E-state index contributed by atoms with van der Waals surface area (Å²) in [6.07, 6.45) is 0.817. The summed E-state index contributed by atoms with van der Waals surface area (Å²) in [5.74, 6) is -0.445. The number of anilines is 4. The highest BCUT2D eigenvalue weighted by Crippen LogP contribution is 2.40. The lowest BCUT2D eigenvalue weighted by Crippen LogP contribution is -2.31. The summed E-state index contributed by atoms with van der Waals surface area (Å²) in [5, 5.41) is 18.2. The first-order valence-corrected chi connectivity index (χ1v) is 12.6. The molecule has 0 fully saturated rings. The number of nitrogens with zero attached hydrogens (tertiary/aromatic N) is 3. The number of benzene rings is 3. The smallest absolute Gasteiger partial charge is 0.292 e. The third kappa shape index (κ3) is 6.19. The van der Waals surface area contributed by atoms with Crippen LogP contribution in [0.25, 0.3) is 11.3 Å². The lowest BCUT2D eigenvalue weighted by molar-refractivity contribution is -0.383. The molecule has 0 saturated carbocycles. The quantitative estimate of drug-likeness (QED) is 0.147. The normalized spacial score (nSPS) is 13.6. The van der Waals surface area contributed by atoms with E-state index in [0.29, 0.717) is 45.3 Å². The molecule has 202 valence electrons. The summed E-state index contributed by atoms with van der Waals surface area (Å²) in [5.41, 5.74) is 9.14. The fourth-order valence-electron chi connectivity index (χ4n) is 4.41. The van der Waals surface area contributed by atoms with E-state index < -0.39 is 4.92 Å². The van der Waals surface area contributed by atoms with E-state index in [1.165, 1.54) is 19.1 Å². The lowest BCUT2D eigenvalue weighted by atomic mass is 9.99. The maximum atomic E-state index is 13.1. The predicted molar refractivity (Wildman–Crippen MR) is 156 cm³/mol. The summed E-state index contributed by atoms with van der Waals surface area (Å²) in [7, 11) is 3.97. The number of amides is 2. The second-order valence-corrected chi connectivity index (χ2v) is 9.86. The van der Waals surface area contributed by atoms with Crippen LogP contribution in [0.5, 0.6) is 0 Å².